The van der Waals surface area contributed by atoms with Crippen molar-refractivity contribution in [3.05, 3.63) is 78.1 Å². The van der Waals surface area contributed by atoms with Crippen LogP contribution in [0.5, 0.6) is 23.0 Å². The average Bonchev–Trinajstić information content (AvgIpc) is 3.29. The Morgan fingerprint density at radius 2 is 1.80 bits per heavy atom. The molecule has 3 aromatic rings. The number of rotatable bonds is 6. The van der Waals surface area contributed by atoms with Crippen LogP contribution in [0, 0.1) is 0 Å². The zero-order chi connectivity index (χ0) is 20.9. The summed E-state index contributed by atoms with van der Waals surface area (Å²) in [6.45, 7) is 0.715. The highest BCUT2D eigenvalue weighted by Gasteiger charge is 2.32. The minimum atomic E-state index is -0.0234. The monoisotopic (exact) mass is 404 g/mol. The number of amides is 1. The van der Waals surface area contributed by atoms with Gasteiger partial charge in [0.15, 0.2) is 0 Å². The second-order valence-electron chi connectivity index (χ2n) is 7.08. The molecule has 1 amide bonds. The lowest BCUT2D eigenvalue weighted by Gasteiger charge is -2.26. The molecule has 30 heavy (non-hydrogen) atoms. The van der Waals surface area contributed by atoms with E-state index in [1.807, 2.05) is 35.2 Å². The van der Waals surface area contributed by atoms with E-state index in [0.29, 0.717) is 23.6 Å². The van der Waals surface area contributed by atoms with Crippen molar-refractivity contribution in [3.63, 3.8) is 0 Å². The lowest BCUT2D eigenvalue weighted by atomic mass is 10.0. The summed E-state index contributed by atoms with van der Waals surface area (Å²) in [5.41, 5.74) is 1.63. The zero-order valence-corrected chi connectivity index (χ0v) is 17.1. The first-order valence-electron chi connectivity index (χ1n) is 9.90. The summed E-state index contributed by atoms with van der Waals surface area (Å²) < 4.78 is 16.6. The van der Waals surface area contributed by atoms with E-state index in [2.05, 4.69) is 4.98 Å². The van der Waals surface area contributed by atoms with Gasteiger partial charge in [0.2, 0.25) is 0 Å². The maximum atomic E-state index is 13.2. The quantitative estimate of drug-likeness (QED) is 0.587. The third-order valence-electron chi connectivity index (χ3n) is 5.28. The van der Waals surface area contributed by atoms with E-state index in [1.54, 1.807) is 50.9 Å². The van der Waals surface area contributed by atoms with Gasteiger partial charge in [0.1, 0.15) is 23.0 Å². The molecule has 1 atom stereocenters. The highest BCUT2D eigenvalue weighted by Crippen LogP contribution is 2.39. The Morgan fingerprint density at radius 1 is 1.00 bits per heavy atom. The van der Waals surface area contributed by atoms with E-state index < -0.39 is 0 Å². The fourth-order valence-corrected chi connectivity index (χ4v) is 3.80. The fraction of sp³-hybridized carbons (Fsp3) is 0.250. The lowest BCUT2D eigenvalue weighted by molar-refractivity contribution is 0.0734. The van der Waals surface area contributed by atoms with E-state index in [1.165, 1.54) is 0 Å². The van der Waals surface area contributed by atoms with E-state index in [4.69, 9.17) is 14.2 Å². The van der Waals surface area contributed by atoms with Crippen molar-refractivity contribution in [2.24, 2.45) is 0 Å². The van der Waals surface area contributed by atoms with Gasteiger partial charge in [-0.2, -0.15) is 0 Å². The molecule has 1 aromatic heterocycles. The van der Waals surface area contributed by atoms with Crippen molar-refractivity contribution in [2.75, 3.05) is 20.8 Å². The molecule has 4 rings (SSSR count). The number of pyridine rings is 1. The summed E-state index contributed by atoms with van der Waals surface area (Å²) >= 11 is 0. The van der Waals surface area contributed by atoms with Gasteiger partial charge in [0.25, 0.3) is 5.91 Å². The number of hydrogen-bond donors (Lipinski definition) is 0. The van der Waals surface area contributed by atoms with Crippen LogP contribution in [-0.4, -0.2) is 36.6 Å². The highest BCUT2D eigenvalue weighted by atomic mass is 16.5. The largest absolute Gasteiger partial charge is 0.497 e. The lowest BCUT2D eigenvalue weighted by Crippen LogP contribution is -2.30. The molecule has 6 heteroatoms. The minimum Gasteiger partial charge on any atom is -0.497 e. The van der Waals surface area contributed by atoms with E-state index in [9.17, 15) is 4.79 Å². The number of hydrogen-bond acceptors (Lipinski definition) is 5. The van der Waals surface area contributed by atoms with Crippen LogP contribution >= 0.6 is 0 Å². The van der Waals surface area contributed by atoms with Crippen LogP contribution in [0.4, 0.5) is 0 Å². The van der Waals surface area contributed by atoms with Crippen molar-refractivity contribution in [2.45, 2.75) is 18.9 Å². The van der Waals surface area contributed by atoms with Gasteiger partial charge in [-0.3, -0.25) is 9.78 Å². The van der Waals surface area contributed by atoms with Crippen LogP contribution in [0.2, 0.25) is 0 Å². The average molecular weight is 404 g/mol. The molecule has 154 valence electrons. The maximum Gasteiger partial charge on any atom is 0.254 e. The van der Waals surface area contributed by atoms with Crippen LogP contribution in [0.15, 0.2) is 67.0 Å². The second kappa shape index (κ2) is 8.86. The molecule has 1 fully saturated rings. The van der Waals surface area contributed by atoms with Gasteiger partial charge >= 0.3 is 0 Å². The summed E-state index contributed by atoms with van der Waals surface area (Å²) in [5.74, 6) is 2.79. The molecule has 0 saturated carbocycles. The van der Waals surface area contributed by atoms with Crippen molar-refractivity contribution in [1.29, 1.82) is 0 Å². The van der Waals surface area contributed by atoms with E-state index >= 15 is 0 Å². The Balaban J connectivity index is 1.52. The molecular formula is C24H24N2O4. The van der Waals surface area contributed by atoms with E-state index in [-0.39, 0.29) is 11.9 Å². The molecule has 0 spiro atoms. The standard InChI is InChI=1S/C24H24N2O4/c1-28-19-11-12-21(23(15-19)29-2)22-6-4-14-26(22)24(27)17-7-9-18(10-8-17)30-20-5-3-13-25-16-20/h3,5,7-13,15-16,22H,4,6,14H2,1-2H3. The number of carbonyl (C=O) groups excluding carboxylic acids is 1. The third kappa shape index (κ3) is 4.08. The molecule has 0 radical (unpaired) electrons. The molecule has 0 bridgehead atoms. The molecule has 1 aliphatic rings. The van der Waals surface area contributed by atoms with Gasteiger partial charge in [-0.25, -0.2) is 0 Å². The SMILES string of the molecule is COc1ccc(C2CCCN2C(=O)c2ccc(Oc3cccnc3)cc2)c(OC)c1. The van der Waals surface area contributed by atoms with Gasteiger partial charge < -0.3 is 19.1 Å². The first-order valence-corrected chi connectivity index (χ1v) is 9.90. The Hall–Kier alpha value is -3.54. The fourth-order valence-electron chi connectivity index (χ4n) is 3.80. The number of carbonyl (C=O) groups is 1. The molecule has 1 unspecified atom stereocenters. The zero-order valence-electron chi connectivity index (χ0n) is 17.1. The molecule has 1 aliphatic heterocycles. The summed E-state index contributed by atoms with van der Waals surface area (Å²) in [4.78, 5) is 19.2. The molecule has 2 aromatic carbocycles. The Morgan fingerprint density at radius 3 is 2.50 bits per heavy atom. The topological polar surface area (TPSA) is 60.9 Å². The summed E-state index contributed by atoms with van der Waals surface area (Å²) in [5, 5.41) is 0. The first kappa shape index (κ1) is 19.8. The molecule has 0 aliphatic carbocycles. The van der Waals surface area contributed by atoms with Crippen molar-refractivity contribution in [1.82, 2.24) is 9.88 Å². The normalized spacial score (nSPS) is 15.7. The molecule has 1 saturated heterocycles. The number of likely N-dealkylation sites (tertiary alicyclic amines) is 1. The smallest absolute Gasteiger partial charge is 0.254 e. The van der Waals surface area contributed by atoms with Crippen molar-refractivity contribution >= 4 is 5.91 Å². The number of methoxy groups -OCH3 is 2. The van der Waals surface area contributed by atoms with Crippen molar-refractivity contribution in [3.8, 4) is 23.0 Å². The Kier molecular flexibility index (Phi) is 5.84. The maximum absolute atomic E-state index is 13.2. The molecule has 6 nitrogen and oxygen atoms in total. The highest BCUT2D eigenvalue weighted by molar-refractivity contribution is 5.94. The number of aromatic nitrogens is 1. The molecule has 0 N–H and O–H groups in total. The van der Waals surface area contributed by atoms with Gasteiger partial charge in [-0.15, -0.1) is 0 Å². The number of nitrogens with zero attached hydrogens (tertiary/aromatic N) is 2. The van der Waals surface area contributed by atoms with Crippen LogP contribution in [0.3, 0.4) is 0 Å². The second-order valence-corrected chi connectivity index (χ2v) is 7.08. The number of benzene rings is 2. The Bertz CT molecular complexity index is 1010. The van der Waals surface area contributed by atoms with Crippen LogP contribution in [0.25, 0.3) is 0 Å². The van der Waals surface area contributed by atoms with Crippen LogP contribution in [0.1, 0.15) is 34.8 Å². The molecular weight excluding hydrogens is 380 g/mol. The Labute approximate surface area is 176 Å². The van der Waals surface area contributed by atoms with Crippen LogP contribution < -0.4 is 14.2 Å². The van der Waals surface area contributed by atoms with Crippen molar-refractivity contribution < 1.29 is 19.0 Å². The van der Waals surface area contributed by atoms with Gasteiger partial charge in [-0.1, -0.05) is 0 Å². The minimum absolute atomic E-state index is 0.00305. The first-order chi connectivity index (χ1) is 14.7. The summed E-state index contributed by atoms with van der Waals surface area (Å²) in [7, 11) is 3.27. The van der Waals surface area contributed by atoms with Gasteiger partial charge in [0, 0.05) is 29.9 Å². The predicted molar refractivity (Wildman–Crippen MR) is 113 cm³/mol. The summed E-state index contributed by atoms with van der Waals surface area (Å²) in [6, 6.07) is 16.6. The molecule has 2 heterocycles. The summed E-state index contributed by atoms with van der Waals surface area (Å²) in [6.07, 6.45) is 5.19. The third-order valence-corrected chi connectivity index (χ3v) is 5.28. The van der Waals surface area contributed by atoms with Gasteiger partial charge in [-0.05, 0) is 61.4 Å². The van der Waals surface area contributed by atoms with Crippen LogP contribution in [-0.2, 0) is 0 Å². The number of ether oxygens (including phenoxy) is 3. The van der Waals surface area contributed by atoms with Gasteiger partial charge in [0.05, 0.1) is 26.5 Å². The predicted octanol–water partition coefficient (Wildman–Crippen LogP) is 4.87. The van der Waals surface area contributed by atoms with E-state index in [0.717, 1.165) is 29.9 Å².